The van der Waals surface area contributed by atoms with Crippen molar-refractivity contribution in [2.75, 3.05) is 28.4 Å². The van der Waals surface area contributed by atoms with Gasteiger partial charge in [-0.2, -0.15) is 0 Å². The van der Waals surface area contributed by atoms with Gasteiger partial charge in [0.2, 0.25) is 0 Å². The predicted molar refractivity (Wildman–Crippen MR) is 107 cm³/mol. The fourth-order valence-electron chi connectivity index (χ4n) is 4.18. The van der Waals surface area contributed by atoms with Crippen LogP contribution < -0.4 is 18.9 Å². The molecule has 0 radical (unpaired) electrons. The Morgan fingerprint density at radius 2 is 1.37 bits per heavy atom. The Hall–Kier alpha value is -3.42. The maximum atomic E-state index is 12.2. The summed E-state index contributed by atoms with van der Waals surface area (Å²) in [6, 6.07) is 8.54. The molecule has 1 aliphatic carbocycles. The third-order valence-electron chi connectivity index (χ3n) is 5.58. The van der Waals surface area contributed by atoms with E-state index in [4.69, 9.17) is 18.9 Å². The molecule has 0 aromatic heterocycles. The largest absolute Gasteiger partial charge is 0.493 e. The van der Waals surface area contributed by atoms with Crippen LogP contribution in [0.25, 0.3) is 0 Å². The zero-order valence-electron chi connectivity index (χ0n) is 17.2. The van der Waals surface area contributed by atoms with Gasteiger partial charge in [-0.25, -0.2) is 0 Å². The molecular weight excluding hydrogens is 392 g/mol. The van der Waals surface area contributed by atoms with Crippen molar-refractivity contribution in [1.29, 1.82) is 0 Å². The van der Waals surface area contributed by atoms with Crippen LogP contribution in [0.15, 0.2) is 30.3 Å². The third-order valence-corrected chi connectivity index (χ3v) is 5.58. The molecule has 8 heteroatoms. The highest BCUT2D eigenvalue weighted by Gasteiger charge is 2.46. The number of carboxylic acid groups (broad SMARTS) is 2. The second kappa shape index (κ2) is 8.52. The molecule has 8 nitrogen and oxygen atoms in total. The van der Waals surface area contributed by atoms with Gasteiger partial charge in [0.05, 0.1) is 40.3 Å². The van der Waals surface area contributed by atoms with Crippen LogP contribution in [0.5, 0.6) is 23.0 Å². The van der Waals surface area contributed by atoms with Crippen LogP contribution in [-0.2, 0) is 16.0 Å². The van der Waals surface area contributed by atoms with Gasteiger partial charge in [-0.1, -0.05) is 6.07 Å². The molecule has 0 saturated heterocycles. The Kier molecular flexibility index (Phi) is 6.05. The molecule has 0 unspecified atom stereocenters. The summed E-state index contributed by atoms with van der Waals surface area (Å²) in [5, 5.41) is 19.8. The number of hydrogen-bond donors (Lipinski definition) is 2. The molecule has 0 aliphatic heterocycles. The van der Waals surface area contributed by atoms with E-state index in [0.717, 1.165) is 0 Å². The van der Waals surface area contributed by atoms with Gasteiger partial charge in [0, 0.05) is 5.92 Å². The predicted octanol–water partition coefficient (Wildman–Crippen LogP) is 2.81. The van der Waals surface area contributed by atoms with E-state index in [0.29, 0.717) is 39.7 Å². The number of methoxy groups -OCH3 is 4. The van der Waals surface area contributed by atoms with Crippen LogP contribution in [0.4, 0.5) is 0 Å². The van der Waals surface area contributed by atoms with Gasteiger partial charge in [0.1, 0.15) is 0 Å². The Morgan fingerprint density at radius 1 is 0.800 bits per heavy atom. The molecule has 2 aromatic carbocycles. The lowest BCUT2D eigenvalue weighted by atomic mass is 9.66. The van der Waals surface area contributed by atoms with Gasteiger partial charge in [-0.15, -0.1) is 0 Å². The molecule has 2 aromatic rings. The average molecular weight is 416 g/mol. The van der Waals surface area contributed by atoms with E-state index in [2.05, 4.69) is 0 Å². The summed E-state index contributed by atoms with van der Waals surface area (Å²) in [7, 11) is 5.98. The molecule has 3 rings (SSSR count). The molecule has 1 aliphatic rings. The van der Waals surface area contributed by atoms with Crippen LogP contribution in [0.2, 0.25) is 0 Å². The smallest absolute Gasteiger partial charge is 0.308 e. The number of hydrogen-bond acceptors (Lipinski definition) is 6. The Morgan fingerprint density at radius 3 is 1.90 bits per heavy atom. The number of ether oxygens (including phenoxy) is 4. The van der Waals surface area contributed by atoms with Gasteiger partial charge in [-0.05, 0) is 47.4 Å². The Labute approximate surface area is 173 Å². The maximum Gasteiger partial charge on any atom is 0.308 e. The maximum absolute atomic E-state index is 12.2. The summed E-state index contributed by atoms with van der Waals surface area (Å²) in [6.45, 7) is 0. The first-order chi connectivity index (χ1) is 14.4. The van der Waals surface area contributed by atoms with E-state index in [-0.39, 0.29) is 6.42 Å². The molecule has 0 spiro atoms. The first-order valence-corrected chi connectivity index (χ1v) is 9.28. The molecular formula is C22H24O8. The van der Waals surface area contributed by atoms with Crippen LogP contribution in [0, 0.1) is 11.8 Å². The molecule has 30 heavy (non-hydrogen) atoms. The van der Waals surface area contributed by atoms with Crippen molar-refractivity contribution in [2.45, 2.75) is 12.3 Å². The minimum Gasteiger partial charge on any atom is -0.493 e. The lowest BCUT2D eigenvalue weighted by Crippen LogP contribution is -2.40. The number of carbonyl (C=O) groups is 2. The lowest BCUT2D eigenvalue weighted by molar-refractivity contribution is -0.154. The average Bonchev–Trinajstić information content (AvgIpc) is 2.75. The Bertz CT molecular complexity index is 968. The summed E-state index contributed by atoms with van der Waals surface area (Å²) < 4.78 is 21.4. The van der Waals surface area contributed by atoms with E-state index < -0.39 is 29.7 Å². The minimum absolute atomic E-state index is 0.0752. The normalized spacial score (nSPS) is 20.1. The summed E-state index contributed by atoms with van der Waals surface area (Å²) in [5.41, 5.74) is 2.00. The molecule has 2 N–H and O–H groups in total. The van der Waals surface area contributed by atoms with Crippen LogP contribution in [-0.4, -0.2) is 50.6 Å². The van der Waals surface area contributed by atoms with Crippen molar-refractivity contribution in [1.82, 2.24) is 0 Å². The molecule has 0 saturated carbocycles. The van der Waals surface area contributed by atoms with Crippen LogP contribution in [0.3, 0.4) is 0 Å². The standard InChI is InChI=1S/C22H24O8/c1-27-15-6-5-11(8-16(15)28-2)19-13-10-18(30-4)17(29-3)9-12(13)7-14(21(23)24)20(19)22(25)26/h5-6,8-10,14,19-20H,7H2,1-4H3,(H,23,24)(H,25,26)/t14-,19-,20+/m1/s1. The van der Waals surface area contributed by atoms with Crippen LogP contribution >= 0.6 is 0 Å². The van der Waals surface area contributed by atoms with Crippen molar-refractivity contribution in [3.8, 4) is 23.0 Å². The van der Waals surface area contributed by atoms with Gasteiger partial charge in [0.15, 0.2) is 23.0 Å². The summed E-state index contributed by atoms with van der Waals surface area (Å²) in [4.78, 5) is 24.2. The highest BCUT2D eigenvalue weighted by atomic mass is 16.5. The summed E-state index contributed by atoms with van der Waals surface area (Å²) in [6.07, 6.45) is 0.0752. The molecule has 3 atom stereocenters. The molecule has 160 valence electrons. The van der Waals surface area contributed by atoms with Crippen molar-refractivity contribution in [3.63, 3.8) is 0 Å². The van der Waals surface area contributed by atoms with Crippen LogP contribution in [0.1, 0.15) is 22.6 Å². The first kappa shape index (κ1) is 21.3. The van der Waals surface area contributed by atoms with E-state index in [9.17, 15) is 19.8 Å². The monoisotopic (exact) mass is 416 g/mol. The van der Waals surface area contributed by atoms with E-state index in [1.807, 2.05) is 0 Å². The molecule has 0 amide bonds. The summed E-state index contributed by atoms with van der Waals surface area (Å²) in [5.74, 6) is -3.52. The first-order valence-electron chi connectivity index (χ1n) is 9.28. The van der Waals surface area contributed by atoms with E-state index in [1.54, 1.807) is 30.3 Å². The van der Waals surface area contributed by atoms with E-state index in [1.165, 1.54) is 28.4 Å². The SMILES string of the molecule is COc1ccc([C@@H]2c3cc(OC)c(OC)cc3C[C@@H](C(=O)O)[C@@H]2C(=O)O)cc1OC. The Balaban J connectivity index is 2.29. The fourth-order valence-corrected chi connectivity index (χ4v) is 4.18. The minimum atomic E-state index is -1.18. The third kappa shape index (κ3) is 3.60. The highest BCUT2D eigenvalue weighted by Crippen LogP contribution is 2.48. The molecule has 0 fully saturated rings. The molecule has 0 bridgehead atoms. The van der Waals surface area contributed by atoms with Gasteiger partial charge < -0.3 is 29.2 Å². The number of rotatable bonds is 7. The number of carboxylic acids is 2. The zero-order valence-corrected chi connectivity index (χ0v) is 17.2. The lowest BCUT2D eigenvalue weighted by Gasteiger charge is -2.36. The van der Waals surface area contributed by atoms with Gasteiger partial charge in [0.25, 0.3) is 0 Å². The van der Waals surface area contributed by atoms with E-state index >= 15 is 0 Å². The fraction of sp³-hybridized carbons (Fsp3) is 0.364. The number of benzene rings is 2. The quantitative estimate of drug-likeness (QED) is 0.709. The zero-order chi connectivity index (χ0) is 22.0. The van der Waals surface area contributed by atoms with Crippen molar-refractivity contribution >= 4 is 11.9 Å². The highest BCUT2D eigenvalue weighted by molar-refractivity contribution is 5.83. The second-order valence-corrected chi connectivity index (χ2v) is 7.01. The number of aliphatic carboxylic acids is 2. The van der Waals surface area contributed by atoms with Crippen molar-refractivity contribution < 1.29 is 38.7 Å². The van der Waals surface area contributed by atoms with Crippen molar-refractivity contribution in [2.24, 2.45) is 11.8 Å². The number of fused-ring (bicyclic) bond motifs is 1. The topological polar surface area (TPSA) is 112 Å². The molecule has 0 heterocycles. The second-order valence-electron chi connectivity index (χ2n) is 7.01. The van der Waals surface area contributed by atoms with Crippen molar-refractivity contribution in [3.05, 3.63) is 47.0 Å². The van der Waals surface area contributed by atoms with Gasteiger partial charge in [-0.3, -0.25) is 9.59 Å². The van der Waals surface area contributed by atoms with Gasteiger partial charge >= 0.3 is 11.9 Å². The summed E-state index contributed by atoms with van der Waals surface area (Å²) >= 11 is 0.